The Morgan fingerprint density at radius 2 is 1.83 bits per heavy atom. The number of anilines is 2. The van der Waals surface area contributed by atoms with Gasteiger partial charge in [0.25, 0.3) is 5.91 Å². The van der Waals surface area contributed by atoms with Gasteiger partial charge in [0.2, 0.25) is 5.91 Å². The molecule has 0 spiro atoms. The minimum atomic E-state index is -0.113. The minimum Gasteiger partial charge on any atom is -0.327 e. The number of carbonyl (C=O) groups excluding carboxylic acids is 2. The first-order valence-corrected chi connectivity index (χ1v) is 10.7. The molecule has 1 aliphatic rings. The molecule has 2 atom stereocenters. The molecule has 2 amide bonds. The molecule has 6 nitrogen and oxygen atoms in total. The Balaban J connectivity index is 1.34. The van der Waals surface area contributed by atoms with Gasteiger partial charge in [-0.05, 0) is 49.2 Å². The van der Waals surface area contributed by atoms with Gasteiger partial charge in [0.05, 0.1) is 29.2 Å². The smallest absolute Gasteiger partial charge is 0.279 e. The molecule has 1 unspecified atom stereocenters. The average Bonchev–Trinajstić information content (AvgIpc) is 3.14. The second kappa shape index (κ2) is 8.71. The highest BCUT2D eigenvalue weighted by molar-refractivity contribution is 7.18. The normalized spacial score (nSPS) is 19.1. The Morgan fingerprint density at radius 3 is 2.55 bits per heavy atom. The van der Waals surface area contributed by atoms with E-state index in [1.165, 1.54) is 21.5 Å². The van der Waals surface area contributed by atoms with Crippen LogP contribution in [0.3, 0.4) is 0 Å². The number of nitrogens with zero attached hydrogens (tertiary/aromatic N) is 1. The number of amides is 2. The van der Waals surface area contributed by atoms with Crippen molar-refractivity contribution in [2.75, 3.05) is 30.3 Å². The number of hydrogen-bond acceptors (Lipinski definition) is 4. The maximum absolute atomic E-state index is 12.5. The number of carbonyl (C=O) groups is 2. The zero-order valence-corrected chi connectivity index (χ0v) is 17.2. The maximum Gasteiger partial charge on any atom is 0.279 e. The number of fused-ring (bicyclic) bond motifs is 1. The van der Waals surface area contributed by atoms with Crippen LogP contribution in [-0.2, 0) is 9.59 Å². The number of thiazole rings is 1. The van der Waals surface area contributed by atoms with Crippen LogP contribution in [0.25, 0.3) is 10.2 Å². The van der Waals surface area contributed by atoms with Gasteiger partial charge in [-0.1, -0.05) is 12.1 Å². The zero-order chi connectivity index (χ0) is 20.2. The Hall–Kier alpha value is -2.77. The molecule has 0 saturated carbocycles. The fraction of sp³-hybridized carbons (Fsp3) is 0.318. The third-order valence-electron chi connectivity index (χ3n) is 5.18. The van der Waals surface area contributed by atoms with E-state index >= 15 is 0 Å². The number of hydrogen-bond donors (Lipinski definition) is 3. The molecule has 3 aromatic rings. The van der Waals surface area contributed by atoms with Gasteiger partial charge >= 0.3 is 0 Å². The van der Waals surface area contributed by atoms with E-state index in [0.29, 0.717) is 12.5 Å². The van der Waals surface area contributed by atoms with Crippen molar-refractivity contribution < 1.29 is 14.5 Å². The molecule has 7 heteroatoms. The lowest BCUT2D eigenvalue weighted by molar-refractivity contribution is -0.898. The van der Waals surface area contributed by atoms with E-state index in [0.717, 1.165) is 42.8 Å². The molecular weight excluding hydrogens is 384 g/mol. The van der Waals surface area contributed by atoms with Crippen LogP contribution < -0.4 is 15.5 Å². The van der Waals surface area contributed by atoms with E-state index in [9.17, 15) is 9.59 Å². The monoisotopic (exact) mass is 409 g/mol. The first-order valence-electron chi connectivity index (χ1n) is 9.93. The van der Waals surface area contributed by atoms with Gasteiger partial charge in [-0.15, -0.1) is 11.3 Å². The van der Waals surface area contributed by atoms with Crippen molar-refractivity contribution in [3.05, 3.63) is 53.5 Å². The predicted molar refractivity (Wildman–Crippen MR) is 117 cm³/mol. The Bertz CT molecular complexity index is 982. The van der Waals surface area contributed by atoms with Crippen LogP contribution >= 0.6 is 11.3 Å². The lowest BCUT2D eigenvalue weighted by Crippen LogP contribution is -3.14. The molecule has 0 bridgehead atoms. The van der Waals surface area contributed by atoms with Crippen molar-refractivity contribution in [3.63, 3.8) is 0 Å². The lowest BCUT2D eigenvalue weighted by atomic mass is 9.99. The van der Waals surface area contributed by atoms with Crippen molar-refractivity contribution in [2.45, 2.75) is 25.7 Å². The first kappa shape index (κ1) is 19.5. The predicted octanol–water partition coefficient (Wildman–Crippen LogP) is 2.66. The number of quaternary nitrogens is 1. The Kier molecular flexibility index (Phi) is 5.87. The molecular formula is C22H25N4O2S+. The van der Waals surface area contributed by atoms with E-state index in [4.69, 9.17) is 4.98 Å². The molecule has 1 fully saturated rings. The summed E-state index contributed by atoms with van der Waals surface area (Å²) in [5, 5.41) is 6.87. The van der Waals surface area contributed by atoms with E-state index < -0.39 is 0 Å². The SMILES string of the molecule is CC(=O)Nc1ccc(NC(=O)C[NH+]2CCC[C@H](c3nc4ccccc4s3)C2)cc1. The van der Waals surface area contributed by atoms with Crippen LogP contribution in [-0.4, -0.2) is 36.4 Å². The number of rotatable bonds is 5. The highest BCUT2D eigenvalue weighted by atomic mass is 32.1. The van der Waals surface area contributed by atoms with Gasteiger partial charge in [-0.2, -0.15) is 0 Å². The number of nitrogens with one attached hydrogen (secondary N) is 3. The van der Waals surface area contributed by atoms with Crippen molar-refractivity contribution in [1.82, 2.24) is 4.98 Å². The van der Waals surface area contributed by atoms with Crippen molar-refractivity contribution in [2.24, 2.45) is 0 Å². The van der Waals surface area contributed by atoms with Crippen LogP contribution in [0.5, 0.6) is 0 Å². The summed E-state index contributed by atoms with van der Waals surface area (Å²) in [6.45, 7) is 3.87. The summed E-state index contributed by atoms with van der Waals surface area (Å²) < 4.78 is 1.23. The largest absolute Gasteiger partial charge is 0.327 e. The molecule has 2 heterocycles. The zero-order valence-electron chi connectivity index (χ0n) is 16.4. The van der Waals surface area contributed by atoms with E-state index in [-0.39, 0.29) is 11.8 Å². The lowest BCUT2D eigenvalue weighted by Gasteiger charge is -2.28. The molecule has 3 N–H and O–H groups in total. The molecule has 0 aliphatic carbocycles. The van der Waals surface area contributed by atoms with Gasteiger partial charge in [0, 0.05) is 18.3 Å². The van der Waals surface area contributed by atoms with Crippen LogP contribution in [0.4, 0.5) is 11.4 Å². The van der Waals surface area contributed by atoms with Crippen molar-refractivity contribution >= 4 is 44.7 Å². The Labute approximate surface area is 173 Å². The first-order chi connectivity index (χ1) is 14.1. The summed E-state index contributed by atoms with van der Waals surface area (Å²) in [4.78, 5) is 29.7. The number of aromatic nitrogens is 1. The van der Waals surface area contributed by atoms with Gasteiger partial charge < -0.3 is 15.5 Å². The number of likely N-dealkylation sites (tertiary alicyclic amines) is 1. The van der Waals surface area contributed by atoms with Crippen molar-refractivity contribution in [3.8, 4) is 0 Å². The molecule has 1 saturated heterocycles. The summed E-state index contributed by atoms with van der Waals surface area (Å²) >= 11 is 1.78. The second-order valence-corrected chi connectivity index (χ2v) is 8.61. The van der Waals surface area contributed by atoms with Crippen LogP contribution in [0.2, 0.25) is 0 Å². The number of para-hydroxylation sites is 1. The van der Waals surface area contributed by atoms with Gasteiger partial charge in [-0.25, -0.2) is 4.98 Å². The van der Waals surface area contributed by atoms with Gasteiger partial charge in [0.1, 0.15) is 5.01 Å². The van der Waals surface area contributed by atoms with Gasteiger partial charge in [0.15, 0.2) is 6.54 Å². The summed E-state index contributed by atoms with van der Waals surface area (Å²) in [5.41, 5.74) is 2.53. The summed E-state index contributed by atoms with van der Waals surface area (Å²) in [6, 6.07) is 15.4. The molecule has 150 valence electrons. The molecule has 29 heavy (non-hydrogen) atoms. The minimum absolute atomic E-state index is 0.0113. The third kappa shape index (κ3) is 4.99. The number of piperidine rings is 1. The van der Waals surface area contributed by atoms with Crippen molar-refractivity contribution in [1.29, 1.82) is 0 Å². The fourth-order valence-electron chi connectivity index (χ4n) is 3.86. The molecule has 0 radical (unpaired) electrons. The highest BCUT2D eigenvalue weighted by Gasteiger charge is 2.28. The van der Waals surface area contributed by atoms with Gasteiger partial charge in [-0.3, -0.25) is 9.59 Å². The molecule has 2 aromatic carbocycles. The van der Waals surface area contributed by atoms with Crippen LogP contribution in [0.1, 0.15) is 30.7 Å². The topological polar surface area (TPSA) is 75.5 Å². The molecule has 4 rings (SSSR count). The number of benzene rings is 2. The standard InChI is InChI=1S/C22H24N4O2S/c1-15(27)23-17-8-10-18(11-9-17)24-21(28)14-26-12-4-5-16(13-26)22-25-19-6-2-3-7-20(19)29-22/h2-3,6-11,16H,4-5,12-14H2,1H3,(H,23,27)(H,24,28)/p+1/t16-/m0/s1. The summed E-state index contributed by atoms with van der Waals surface area (Å²) in [6.07, 6.45) is 2.24. The van der Waals surface area contributed by atoms with E-state index in [2.05, 4.69) is 28.8 Å². The highest BCUT2D eigenvalue weighted by Crippen LogP contribution is 2.30. The fourth-order valence-corrected chi connectivity index (χ4v) is 4.96. The van der Waals surface area contributed by atoms with E-state index in [1.54, 1.807) is 35.6 Å². The summed E-state index contributed by atoms with van der Waals surface area (Å²) in [7, 11) is 0. The third-order valence-corrected chi connectivity index (χ3v) is 6.38. The van der Waals surface area contributed by atoms with Crippen LogP contribution in [0.15, 0.2) is 48.5 Å². The van der Waals surface area contributed by atoms with E-state index in [1.807, 2.05) is 6.07 Å². The Morgan fingerprint density at radius 1 is 1.10 bits per heavy atom. The molecule has 1 aromatic heterocycles. The maximum atomic E-state index is 12.5. The molecule has 1 aliphatic heterocycles. The second-order valence-electron chi connectivity index (χ2n) is 7.55. The van der Waals surface area contributed by atoms with Crippen LogP contribution in [0, 0.1) is 0 Å². The quantitative estimate of drug-likeness (QED) is 0.606. The summed E-state index contributed by atoms with van der Waals surface area (Å²) in [5.74, 6) is 0.316. The average molecular weight is 410 g/mol.